The Morgan fingerprint density at radius 3 is 2.58 bits per heavy atom. The van der Waals surface area contributed by atoms with Gasteiger partial charge >= 0.3 is 5.88 Å². The number of hydrogen-bond donors (Lipinski definition) is 0. The average molecular weight is 438 g/mol. The van der Waals surface area contributed by atoms with Crippen LogP contribution in [0.25, 0.3) is 5.69 Å². The Kier molecular flexibility index (Phi) is 5.26. The highest BCUT2D eigenvalue weighted by Crippen LogP contribution is 2.17. The number of furan rings is 1. The number of aromatic nitrogens is 3. The van der Waals surface area contributed by atoms with Crippen molar-refractivity contribution in [2.45, 2.75) is 13.8 Å². The summed E-state index contributed by atoms with van der Waals surface area (Å²) in [5.74, 6) is -0.127. The Labute approximate surface area is 179 Å². The van der Waals surface area contributed by atoms with E-state index < -0.39 is 4.92 Å². The standard InChI is InChI=1S/C20H18N6O4S/c1-13-12-31-20(24(13)21-11-16-9-10-17(30-16)26(28)29)22-18-14(2)23(3)25(19(18)27)15-7-5-4-6-8-15/h4-12H,1-3H3. The first kappa shape index (κ1) is 20.3. The fourth-order valence-corrected chi connectivity index (χ4v) is 3.82. The highest BCUT2D eigenvalue weighted by Gasteiger charge is 2.16. The van der Waals surface area contributed by atoms with E-state index in [1.807, 2.05) is 49.6 Å². The Morgan fingerprint density at radius 2 is 1.90 bits per heavy atom. The van der Waals surface area contributed by atoms with Crippen LogP contribution in [0.15, 0.2) is 67.2 Å². The zero-order valence-corrected chi connectivity index (χ0v) is 17.7. The van der Waals surface area contributed by atoms with E-state index >= 15 is 0 Å². The Bertz CT molecular complexity index is 1420. The second-order valence-corrected chi connectivity index (χ2v) is 7.51. The molecule has 0 aliphatic carbocycles. The molecule has 0 atom stereocenters. The molecule has 4 rings (SSSR count). The van der Waals surface area contributed by atoms with Gasteiger partial charge in [-0.15, -0.1) is 11.3 Å². The molecule has 158 valence electrons. The molecule has 3 heterocycles. The van der Waals surface area contributed by atoms with E-state index in [9.17, 15) is 14.9 Å². The fourth-order valence-electron chi connectivity index (χ4n) is 3.01. The van der Waals surface area contributed by atoms with E-state index in [1.165, 1.54) is 29.7 Å². The van der Waals surface area contributed by atoms with E-state index in [-0.39, 0.29) is 17.2 Å². The molecular weight excluding hydrogens is 420 g/mol. The van der Waals surface area contributed by atoms with E-state index in [4.69, 9.17) is 4.42 Å². The molecule has 3 aromatic heterocycles. The summed E-state index contributed by atoms with van der Waals surface area (Å²) in [6.07, 6.45) is 1.37. The molecule has 0 amide bonds. The summed E-state index contributed by atoms with van der Waals surface area (Å²) in [5.41, 5.74) is 2.31. The first-order valence-corrected chi connectivity index (χ1v) is 10.1. The normalized spacial score (nSPS) is 12.2. The van der Waals surface area contributed by atoms with Gasteiger partial charge < -0.3 is 4.42 Å². The van der Waals surface area contributed by atoms with Crippen LogP contribution in [0.3, 0.4) is 0 Å². The number of rotatable bonds is 5. The average Bonchev–Trinajstić information content (AvgIpc) is 3.42. The Morgan fingerprint density at radius 1 is 1.16 bits per heavy atom. The number of hydrogen-bond acceptors (Lipinski definition) is 7. The van der Waals surface area contributed by atoms with Crippen molar-refractivity contribution in [3.63, 3.8) is 0 Å². The number of para-hydroxylation sites is 1. The maximum absolute atomic E-state index is 13.1. The van der Waals surface area contributed by atoms with Gasteiger partial charge in [0, 0.05) is 12.4 Å². The molecular formula is C20H18N6O4S. The molecule has 0 saturated heterocycles. The molecule has 0 saturated carbocycles. The largest absolute Gasteiger partial charge is 0.433 e. The third-order valence-corrected chi connectivity index (χ3v) is 5.61. The summed E-state index contributed by atoms with van der Waals surface area (Å²) in [6.45, 7) is 3.67. The van der Waals surface area contributed by atoms with Crippen LogP contribution in [0.5, 0.6) is 0 Å². The van der Waals surface area contributed by atoms with Crippen LogP contribution in [0.1, 0.15) is 17.1 Å². The third-order valence-electron chi connectivity index (χ3n) is 4.67. The number of benzene rings is 1. The molecule has 1 aromatic carbocycles. The minimum absolute atomic E-state index is 0.234. The smallest absolute Gasteiger partial charge is 0.400 e. The lowest BCUT2D eigenvalue weighted by Gasteiger charge is -2.07. The van der Waals surface area contributed by atoms with Crippen LogP contribution in [-0.4, -0.2) is 25.2 Å². The van der Waals surface area contributed by atoms with Crippen molar-refractivity contribution < 1.29 is 9.34 Å². The second kappa shape index (κ2) is 8.03. The van der Waals surface area contributed by atoms with Crippen LogP contribution in [0.4, 0.5) is 11.6 Å². The minimum Gasteiger partial charge on any atom is -0.400 e. The Hall–Kier alpha value is -3.99. The third kappa shape index (κ3) is 3.78. The molecule has 0 radical (unpaired) electrons. The molecule has 31 heavy (non-hydrogen) atoms. The first-order chi connectivity index (χ1) is 14.9. The molecule has 11 heteroatoms. The lowest BCUT2D eigenvalue weighted by molar-refractivity contribution is -0.402. The van der Waals surface area contributed by atoms with Crippen LogP contribution < -0.4 is 10.4 Å². The molecule has 0 bridgehead atoms. The van der Waals surface area contributed by atoms with Gasteiger partial charge in [0.1, 0.15) is 4.92 Å². The van der Waals surface area contributed by atoms with Gasteiger partial charge in [-0.3, -0.25) is 19.6 Å². The highest BCUT2D eigenvalue weighted by atomic mass is 32.1. The topological polar surface area (TPSA) is 113 Å². The van der Waals surface area contributed by atoms with Gasteiger partial charge in [0.05, 0.1) is 29.4 Å². The second-order valence-electron chi connectivity index (χ2n) is 6.67. The van der Waals surface area contributed by atoms with Crippen molar-refractivity contribution >= 4 is 29.1 Å². The van der Waals surface area contributed by atoms with Crippen molar-refractivity contribution in [3.8, 4) is 5.69 Å². The van der Waals surface area contributed by atoms with E-state index in [0.29, 0.717) is 16.2 Å². The van der Waals surface area contributed by atoms with Crippen LogP contribution in [0, 0.1) is 24.0 Å². The summed E-state index contributed by atoms with van der Waals surface area (Å²) in [7, 11) is 1.80. The van der Waals surface area contributed by atoms with Gasteiger partial charge in [0.15, 0.2) is 11.4 Å². The molecule has 0 unspecified atom stereocenters. The molecule has 4 aromatic rings. The quantitative estimate of drug-likeness (QED) is 0.270. The highest BCUT2D eigenvalue weighted by molar-refractivity contribution is 7.07. The molecule has 10 nitrogen and oxygen atoms in total. The van der Waals surface area contributed by atoms with Crippen LogP contribution in [0.2, 0.25) is 0 Å². The molecule has 0 aliphatic rings. The predicted octanol–water partition coefficient (Wildman–Crippen LogP) is 3.27. The number of aryl methyl sites for hydroxylation is 1. The zero-order chi connectivity index (χ0) is 22.1. The minimum atomic E-state index is -0.614. The van der Waals surface area contributed by atoms with Gasteiger partial charge in [-0.1, -0.05) is 18.2 Å². The summed E-state index contributed by atoms with van der Waals surface area (Å²) in [4.78, 5) is 28.3. The van der Waals surface area contributed by atoms with Gasteiger partial charge in [-0.05, 0) is 32.0 Å². The SMILES string of the molecule is Cc1csc(=Nc2c(C)n(C)n(-c3ccccc3)c2=O)n1N=Cc1ccc([N+](=O)[O-])o1. The molecule has 0 spiro atoms. The summed E-state index contributed by atoms with van der Waals surface area (Å²) < 4.78 is 9.97. The van der Waals surface area contributed by atoms with Gasteiger partial charge in [0.2, 0.25) is 4.80 Å². The first-order valence-electron chi connectivity index (χ1n) is 9.21. The van der Waals surface area contributed by atoms with E-state index in [1.54, 1.807) is 21.1 Å². The van der Waals surface area contributed by atoms with E-state index in [2.05, 4.69) is 10.1 Å². The van der Waals surface area contributed by atoms with E-state index in [0.717, 1.165) is 11.4 Å². The summed E-state index contributed by atoms with van der Waals surface area (Å²) in [6, 6.07) is 12.0. The zero-order valence-electron chi connectivity index (χ0n) is 16.9. The van der Waals surface area contributed by atoms with Gasteiger partial charge in [-0.25, -0.2) is 14.4 Å². The van der Waals surface area contributed by atoms with Crippen molar-refractivity contribution in [1.29, 1.82) is 0 Å². The molecule has 0 aliphatic heterocycles. The van der Waals surface area contributed by atoms with Crippen molar-refractivity contribution in [3.05, 3.63) is 90.3 Å². The summed E-state index contributed by atoms with van der Waals surface area (Å²) in [5, 5.41) is 17.0. The molecule has 0 N–H and O–H groups in total. The van der Waals surface area contributed by atoms with Crippen molar-refractivity contribution in [2.75, 3.05) is 0 Å². The van der Waals surface area contributed by atoms with Crippen molar-refractivity contribution in [2.24, 2.45) is 17.1 Å². The lowest BCUT2D eigenvalue weighted by atomic mass is 10.3. The maximum atomic E-state index is 13.1. The number of nitrogens with zero attached hydrogens (tertiary/aromatic N) is 6. The van der Waals surface area contributed by atoms with Gasteiger partial charge in [-0.2, -0.15) is 5.10 Å². The lowest BCUT2D eigenvalue weighted by Crippen LogP contribution is -2.19. The Balaban J connectivity index is 1.78. The monoisotopic (exact) mass is 438 g/mol. The van der Waals surface area contributed by atoms with Crippen molar-refractivity contribution in [1.82, 2.24) is 14.0 Å². The number of nitro groups is 1. The maximum Gasteiger partial charge on any atom is 0.433 e. The fraction of sp³-hybridized carbons (Fsp3) is 0.150. The van der Waals surface area contributed by atoms with Crippen LogP contribution >= 0.6 is 11.3 Å². The predicted molar refractivity (Wildman–Crippen MR) is 116 cm³/mol. The van der Waals surface area contributed by atoms with Gasteiger partial charge in [0.25, 0.3) is 5.56 Å². The van der Waals surface area contributed by atoms with Crippen LogP contribution in [-0.2, 0) is 7.05 Å². The molecule has 0 fully saturated rings. The number of thiazole rings is 1. The summed E-state index contributed by atoms with van der Waals surface area (Å²) >= 11 is 1.33.